The van der Waals surface area contributed by atoms with Crippen LogP contribution in [0.15, 0.2) is 48.2 Å². The Hall–Kier alpha value is -3.80. The van der Waals surface area contributed by atoms with Gasteiger partial charge in [0.15, 0.2) is 11.5 Å². The van der Waals surface area contributed by atoms with E-state index in [1.807, 2.05) is 29.6 Å². The SMILES string of the molecule is COc1ccc(-c2csnc2-c2cc(OC)c(OC)c(OC)c2)cc1NC(=O)[C@@H](Cc1cnc[nH]1)NCl. The molecule has 2 heterocycles. The first kappa shape index (κ1) is 26.3. The molecule has 4 rings (SSSR count). The monoisotopic (exact) mass is 543 g/mol. The Morgan fingerprint density at radius 1 is 1.03 bits per heavy atom. The van der Waals surface area contributed by atoms with Crippen LogP contribution in [0.3, 0.4) is 0 Å². The van der Waals surface area contributed by atoms with Crippen LogP contribution in [0.5, 0.6) is 23.0 Å². The Labute approximate surface area is 223 Å². The highest BCUT2D eigenvalue weighted by molar-refractivity contribution is 7.04. The number of rotatable bonds is 11. The summed E-state index contributed by atoms with van der Waals surface area (Å²) in [5.41, 5.74) is 4.48. The first-order valence-electron chi connectivity index (χ1n) is 11.1. The molecule has 10 nitrogen and oxygen atoms in total. The molecule has 194 valence electrons. The summed E-state index contributed by atoms with van der Waals surface area (Å²) < 4.78 is 26.6. The fourth-order valence-corrected chi connectivity index (χ4v) is 4.75. The summed E-state index contributed by atoms with van der Waals surface area (Å²) in [4.78, 5) is 22.5. The zero-order valence-corrected chi connectivity index (χ0v) is 22.2. The van der Waals surface area contributed by atoms with Gasteiger partial charge < -0.3 is 29.2 Å². The number of H-pyrrole nitrogens is 1. The molecule has 1 amide bonds. The molecule has 2 aromatic carbocycles. The zero-order valence-electron chi connectivity index (χ0n) is 20.6. The van der Waals surface area contributed by atoms with Gasteiger partial charge in [-0.25, -0.2) is 9.82 Å². The van der Waals surface area contributed by atoms with Gasteiger partial charge in [-0.1, -0.05) is 6.07 Å². The summed E-state index contributed by atoms with van der Waals surface area (Å²) in [6, 6.07) is 8.52. The topological polar surface area (TPSA) is 120 Å². The normalized spacial score (nSPS) is 11.6. The Morgan fingerprint density at radius 2 is 1.76 bits per heavy atom. The van der Waals surface area contributed by atoms with E-state index in [9.17, 15) is 4.79 Å². The van der Waals surface area contributed by atoms with E-state index in [1.165, 1.54) is 11.5 Å². The minimum atomic E-state index is -0.701. The number of halogens is 1. The molecule has 0 radical (unpaired) electrons. The quantitative estimate of drug-likeness (QED) is 0.236. The number of aromatic nitrogens is 3. The third-order valence-corrected chi connectivity index (χ3v) is 6.60. The van der Waals surface area contributed by atoms with Crippen molar-refractivity contribution in [3.05, 3.63) is 53.9 Å². The number of amides is 1. The Morgan fingerprint density at radius 3 is 2.35 bits per heavy atom. The molecule has 1 atom stereocenters. The third kappa shape index (κ3) is 5.63. The van der Waals surface area contributed by atoms with E-state index < -0.39 is 6.04 Å². The second kappa shape index (κ2) is 12.0. The van der Waals surface area contributed by atoms with Crippen molar-refractivity contribution < 1.29 is 23.7 Å². The first-order valence-corrected chi connectivity index (χ1v) is 12.3. The molecule has 0 spiro atoms. The first-order chi connectivity index (χ1) is 18.0. The highest BCUT2D eigenvalue weighted by atomic mass is 35.5. The number of imidazole rings is 1. The fourth-order valence-electron chi connectivity index (χ4n) is 3.86. The number of methoxy groups -OCH3 is 4. The van der Waals surface area contributed by atoms with Crippen molar-refractivity contribution in [1.82, 2.24) is 19.2 Å². The van der Waals surface area contributed by atoms with Crippen LogP contribution in [0.2, 0.25) is 0 Å². The van der Waals surface area contributed by atoms with Crippen LogP contribution < -0.4 is 29.1 Å². The van der Waals surface area contributed by atoms with Crippen molar-refractivity contribution in [1.29, 1.82) is 0 Å². The molecule has 0 aliphatic carbocycles. The number of anilines is 1. The van der Waals surface area contributed by atoms with Crippen LogP contribution in [0.1, 0.15) is 5.69 Å². The van der Waals surface area contributed by atoms with E-state index in [0.29, 0.717) is 35.1 Å². The van der Waals surface area contributed by atoms with E-state index in [2.05, 4.69) is 24.5 Å². The number of carbonyl (C=O) groups is 1. The summed E-state index contributed by atoms with van der Waals surface area (Å²) in [6.07, 6.45) is 3.52. The number of hydrogen-bond donors (Lipinski definition) is 3. The van der Waals surface area contributed by atoms with Gasteiger partial charge in [-0.2, -0.15) is 4.37 Å². The van der Waals surface area contributed by atoms with Gasteiger partial charge in [-0.05, 0) is 53.1 Å². The van der Waals surface area contributed by atoms with Gasteiger partial charge in [0, 0.05) is 34.8 Å². The standard InChI is InChI=1S/C25H26ClN5O5S/c1-33-20-6-5-14(7-18(20)29-25(32)19(30-26)10-16-11-27-13-28-16)17-12-37-31-23(17)15-8-21(34-2)24(36-4)22(9-15)35-3/h5-9,11-13,19,30H,10H2,1-4H3,(H,27,28)(H,29,32)/t19-/m1/s1. The van der Waals surface area contributed by atoms with Crippen molar-refractivity contribution in [2.24, 2.45) is 0 Å². The molecule has 0 aliphatic rings. The number of nitrogens with zero attached hydrogens (tertiary/aromatic N) is 2. The van der Waals surface area contributed by atoms with Gasteiger partial charge in [-0.3, -0.25) is 4.79 Å². The van der Waals surface area contributed by atoms with E-state index in [4.69, 9.17) is 30.7 Å². The second-order valence-electron chi connectivity index (χ2n) is 7.84. The lowest BCUT2D eigenvalue weighted by Gasteiger charge is -2.17. The summed E-state index contributed by atoms with van der Waals surface area (Å²) in [5.74, 6) is 1.72. The summed E-state index contributed by atoms with van der Waals surface area (Å²) in [7, 11) is 6.23. The van der Waals surface area contributed by atoms with E-state index in [1.54, 1.807) is 47.0 Å². The Bertz CT molecular complexity index is 1340. The largest absolute Gasteiger partial charge is 0.495 e. The molecular formula is C25H26ClN5O5S. The van der Waals surface area contributed by atoms with Crippen LogP contribution in [0.25, 0.3) is 22.4 Å². The number of benzene rings is 2. The number of carbonyl (C=O) groups excluding carboxylic acids is 1. The van der Waals surface area contributed by atoms with Crippen molar-refractivity contribution in [3.8, 4) is 45.4 Å². The summed E-state index contributed by atoms with van der Waals surface area (Å²) in [5, 5.41) is 4.86. The van der Waals surface area contributed by atoms with Crippen LogP contribution >= 0.6 is 23.3 Å². The van der Waals surface area contributed by atoms with Crippen molar-refractivity contribution in [2.45, 2.75) is 12.5 Å². The highest BCUT2D eigenvalue weighted by Gasteiger charge is 2.22. The van der Waals surface area contributed by atoms with Crippen LogP contribution in [-0.2, 0) is 11.2 Å². The van der Waals surface area contributed by atoms with Gasteiger partial charge in [0.05, 0.1) is 46.1 Å². The van der Waals surface area contributed by atoms with Crippen molar-refractivity contribution in [3.63, 3.8) is 0 Å². The van der Waals surface area contributed by atoms with Gasteiger partial charge in [0.2, 0.25) is 11.7 Å². The van der Waals surface area contributed by atoms with Crippen molar-refractivity contribution >= 4 is 34.9 Å². The summed E-state index contributed by atoms with van der Waals surface area (Å²) >= 11 is 7.19. The third-order valence-electron chi connectivity index (χ3n) is 5.70. The maximum Gasteiger partial charge on any atom is 0.243 e. The zero-order chi connectivity index (χ0) is 26.4. The number of nitrogens with one attached hydrogen (secondary N) is 3. The molecule has 0 aliphatic heterocycles. The molecule has 0 fully saturated rings. The molecule has 4 aromatic rings. The maximum atomic E-state index is 13.0. The lowest BCUT2D eigenvalue weighted by atomic mass is 10.0. The molecule has 0 saturated carbocycles. The predicted molar refractivity (Wildman–Crippen MR) is 143 cm³/mol. The molecule has 37 heavy (non-hydrogen) atoms. The van der Waals surface area contributed by atoms with E-state index in [-0.39, 0.29) is 5.91 Å². The van der Waals surface area contributed by atoms with Crippen LogP contribution in [-0.4, -0.2) is 54.7 Å². The van der Waals surface area contributed by atoms with E-state index in [0.717, 1.165) is 28.1 Å². The minimum absolute atomic E-state index is 0.326. The molecule has 0 bridgehead atoms. The fraction of sp³-hybridized carbons (Fsp3) is 0.240. The van der Waals surface area contributed by atoms with Gasteiger partial charge in [0.1, 0.15) is 11.8 Å². The number of aromatic amines is 1. The van der Waals surface area contributed by atoms with Gasteiger partial charge in [0.25, 0.3) is 0 Å². The summed E-state index contributed by atoms with van der Waals surface area (Å²) in [6.45, 7) is 0. The number of hydrogen-bond acceptors (Lipinski definition) is 9. The average molecular weight is 544 g/mol. The van der Waals surface area contributed by atoms with Crippen LogP contribution in [0.4, 0.5) is 5.69 Å². The maximum absolute atomic E-state index is 13.0. The van der Waals surface area contributed by atoms with Crippen LogP contribution in [0, 0.1) is 0 Å². The Balaban J connectivity index is 1.68. The predicted octanol–water partition coefficient (Wildman–Crippen LogP) is 4.53. The second-order valence-corrected chi connectivity index (χ2v) is 8.69. The minimum Gasteiger partial charge on any atom is -0.495 e. The molecule has 0 unspecified atom stereocenters. The lowest BCUT2D eigenvalue weighted by molar-refractivity contribution is -0.117. The lowest BCUT2D eigenvalue weighted by Crippen LogP contribution is -2.37. The highest BCUT2D eigenvalue weighted by Crippen LogP contribution is 2.44. The molecule has 0 saturated heterocycles. The van der Waals surface area contributed by atoms with Gasteiger partial charge >= 0.3 is 0 Å². The van der Waals surface area contributed by atoms with E-state index >= 15 is 0 Å². The molecule has 12 heteroatoms. The average Bonchev–Trinajstić information content (AvgIpc) is 3.63. The number of ether oxygens (including phenoxy) is 4. The smallest absolute Gasteiger partial charge is 0.243 e. The van der Waals surface area contributed by atoms with Crippen molar-refractivity contribution in [2.75, 3.05) is 33.8 Å². The molecule has 2 aromatic heterocycles. The Kier molecular flexibility index (Phi) is 8.49. The molecule has 3 N–H and O–H groups in total. The van der Waals surface area contributed by atoms with Gasteiger partial charge in [-0.15, -0.1) is 0 Å². The molecular weight excluding hydrogens is 518 g/mol.